The van der Waals surface area contributed by atoms with Gasteiger partial charge in [0.1, 0.15) is 0 Å². The summed E-state index contributed by atoms with van der Waals surface area (Å²) in [7, 11) is 1.74. The molecule has 1 fully saturated rings. The Balaban J connectivity index is 2.65. The lowest BCUT2D eigenvalue weighted by Crippen LogP contribution is -2.50. The maximum Gasteiger partial charge on any atom is 0.242 e. The average Bonchev–Trinajstić information content (AvgIpc) is 2.48. The van der Waals surface area contributed by atoms with Gasteiger partial charge in [0.15, 0.2) is 0 Å². The monoisotopic (exact) mass is 297 g/mol. The summed E-state index contributed by atoms with van der Waals surface area (Å²) >= 11 is 0. The van der Waals surface area contributed by atoms with Crippen molar-refractivity contribution in [3.63, 3.8) is 0 Å². The van der Waals surface area contributed by atoms with E-state index in [1.165, 1.54) is 0 Å². The van der Waals surface area contributed by atoms with Crippen LogP contribution in [0.4, 0.5) is 0 Å². The third-order valence-corrected chi connectivity index (χ3v) is 4.70. The van der Waals surface area contributed by atoms with E-state index in [1.807, 2.05) is 27.7 Å². The van der Waals surface area contributed by atoms with Gasteiger partial charge >= 0.3 is 0 Å². The number of carbonyl (C=O) groups excluding carboxylic acids is 2. The number of hydrogen-bond donors (Lipinski definition) is 1. The molecule has 122 valence electrons. The van der Waals surface area contributed by atoms with Crippen LogP contribution in [-0.2, 0) is 9.59 Å². The summed E-state index contributed by atoms with van der Waals surface area (Å²) < 4.78 is 0. The molecule has 1 heterocycles. The smallest absolute Gasteiger partial charge is 0.242 e. The van der Waals surface area contributed by atoms with Crippen molar-refractivity contribution in [1.82, 2.24) is 15.1 Å². The summed E-state index contributed by atoms with van der Waals surface area (Å²) in [6.45, 7) is 11.4. The minimum Gasteiger partial charge on any atom is -0.342 e. The Hall–Kier alpha value is -1.10. The van der Waals surface area contributed by atoms with Gasteiger partial charge in [-0.3, -0.25) is 9.59 Å². The molecule has 1 atom stereocenters. The number of nitrogens with zero attached hydrogens (tertiary/aromatic N) is 2. The summed E-state index contributed by atoms with van der Waals surface area (Å²) in [4.78, 5) is 28.2. The van der Waals surface area contributed by atoms with Crippen molar-refractivity contribution >= 4 is 11.8 Å². The summed E-state index contributed by atoms with van der Waals surface area (Å²) in [5, 5.41) is 3.37. The fraction of sp³-hybridized carbons (Fsp3) is 0.875. The molecule has 0 radical (unpaired) electrons. The van der Waals surface area contributed by atoms with E-state index < -0.39 is 5.41 Å². The minimum absolute atomic E-state index is 0.0217. The van der Waals surface area contributed by atoms with Gasteiger partial charge in [-0.15, -0.1) is 0 Å². The maximum atomic E-state index is 12.7. The second-order valence-corrected chi connectivity index (χ2v) is 6.49. The topological polar surface area (TPSA) is 52.7 Å². The van der Waals surface area contributed by atoms with Crippen LogP contribution in [0.2, 0.25) is 0 Å². The number of nitrogens with one attached hydrogen (secondary N) is 1. The predicted octanol–water partition coefficient (Wildman–Crippen LogP) is 1.34. The first-order valence-corrected chi connectivity index (χ1v) is 8.08. The van der Waals surface area contributed by atoms with Crippen molar-refractivity contribution in [3.05, 3.63) is 0 Å². The van der Waals surface area contributed by atoms with E-state index in [1.54, 1.807) is 16.8 Å². The highest BCUT2D eigenvalue weighted by Gasteiger charge is 2.39. The standard InChI is InChI=1S/C16H31N3O2/c1-6-19(7-2)14(20)12-18(5)15(21)16(3,4)13-9-8-10-17-11-13/h13,17H,6-12H2,1-5H3. The molecule has 0 aromatic heterocycles. The van der Waals surface area contributed by atoms with Crippen molar-refractivity contribution in [2.24, 2.45) is 11.3 Å². The molecule has 1 N–H and O–H groups in total. The molecule has 1 rings (SSSR count). The van der Waals surface area contributed by atoms with Crippen LogP contribution >= 0.6 is 0 Å². The van der Waals surface area contributed by atoms with E-state index in [9.17, 15) is 9.59 Å². The highest BCUT2D eigenvalue weighted by Crippen LogP contribution is 2.33. The Bertz CT molecular complexity index is 359. The first kappa shape index (κ1) is 18.0. The molecule has 5 heteroatoms. The molecule has 5 nitrogen and oxygen atoms in total. The molecular formula is C16H31N3O2. The molecular weight excluding hydrogens is 266 g/mol. The van der Waals surface area contributed by atoms with Gasteiger partial charge in [-0.1, -0.05) is 13.8 Å². The number of likely N-dealkylation sites (N-methyl/N-ethyl adjacent to an activating group) is 2. The zero-order valence-corrected chi connectivity index (χ0v) is 14.2. The number of hydrogen-bond acceptors (Lipinski definition) is 3. The molecule has 0 saturated carbocycles. The van der Waals surface area contributed by atoms with Gasteiger partial charge in [0, 0.05) is 25.6 Å². The fourth-order valence-electron chi connectivity index (χ4n) is 3.09. The van der Waals surface area contributed by atoms with E-state index in [2.05, 4.69) is 5.32 Å². The second kappa shape index (κ2) is 7.78. The molecule has 0 bridgehead atoms. The van der Waals surface area contributed by atoms with Crippen LogP contribution in [-0.4, -0.2) is 61.4 Å². The highest BCUT2D eigenvalue weighted by atomic mass is 16.2. The summed E-state index contributed by atoms with van der Waals surface area (Å²) in [6.07, 6.45) is 2.19. The Morgan fingerprint density at radius 1 is 1.24 bits per heavy atom. The normalized spacial score (nSPS) is 19.2. The van der Waals surface area contributed by atoms with Crippen molar-refractivity contribution in [1.29, 1.82) is 0 Å². The first-order valence-electron chi connectivity index (χ1n) is 8.08. The van der Waals surface area contributed by atoms with Gasteiger partial charge in [-0.25, -0.2) is 0 Å². The lowest BCUT2D eigenvalue weighted by atomic mass is 9.74. The van der Waals surface area contributed by atoms with Crippen molar-refractivity contribution in [2.45, 2.75) is 40.5 Å². The maximum absolute atomic E-state index is 12.7. The van der Waals surface area contributed by atoms with Gasteiger partial charge < -0.3 is 15.1 Å². The third-order valence-electron chi connectivity index (χ3n) is 4.70. The van der Waals surface area contributed by atoms with E-state index in [0.717, 1.165) is 25.9 Å². The van der Waals surface area contributed by atoms with Crippen LogP contribution in [0, 0.1) is 11.3 Å². The molecule has 0 aliphatic carbocycles. The number of amides is 2. The van der Waals surface area contributed by atoms with E-state index in [0.29, 0.717) is 19.0 Å². The van der Waals surface area contributed by atoms with Crippen LogP contribution in [0.3, 0.4) is 0 Å². The largest absolute Gasteiger partial charge is 0.342 e. The second-order valence-electron chi connectivity index (χ2n) is 6.49. The Morgan fingerprint density at radius 3 is 2.33 bits per heavy atom. The molecule has 1 saturated heterocycles. The highest BCUT2D eigenvalue weighted by molar-refractivity contribution is 5.87. The molecule has 1 unspecified atom stereocenters. The molecule has 0 spiro atoms. The van der Waals surface area contributed by atoms with Crippen LogP contribution in [0.1, 0.15) is 40.5 Å². The van der Waals surface area contributed by atoms with Crippen molar-refractivity contribution in [3.8, 4) is 0 Å². The van der Waals surface area contributed by atoms with Crippen molar-refractivity contribution < 1.29 is 9.59 Å². The van der Waals surface area contributed by atoms with Gasteiger partial charge in [0.25, 0.3) is 0 Å². The summed E-state index contributed by atoms with van der Waals surface area (Å²) in [5.41, 5.74) is -0.425. The van der Waals surface area contributed by atoms with E-state index in [-0.39, 0.29) is 18.4 Å². The average molecular weight is 297 g/mol. The zero-order chi connectivity index (χ0) is 16.0. The molecule has 1 aliphatic rings. The molecule has 21 heavy (non-hydrogen) atoms. The fourth-order valence-corrected chi connectivity index (χ4v) is 3.09. The minimum atomic E-state index is -0.425. The molecule has 0 aromatic rings. The number of carbonyl (C=O) groups is 2. The SMILES string of the molecule is CCN(CC)C(=O)CN(C)C(=O)C(C)(C)C1CCCNC1. The number of rotatable bonds is 6. The first-order chi connectivity index (χ1) is 9.84. The van der Waals surface area contributed by atoms with Crippen molar-refractivity contribution in [2.75, 3.05) is 39.8 Å². The Morgan fingerprint density at radius 2 is 1.86 bits per heavy atom. The van der Waals surface area contributed by atoms with Gasteiger partial charge in [-0.2, -0.15) is 0 Å². The third kappa shape index (κ3) is 4.43. The summed E-state index contributed by atoms with van der Waals surface area (Å²) in [5.74, 6) is 0.426. The van der Waals surface area contributed by atoms with Crippen LogP contribution < -0.4 is 5.32 Å². The van der Waals surface area contributed by atoms with Crippen LogP contribution in [0.5, 0.6) is 0 Å². The molecule has 0 aromatic carbocycles. The van der Waals surface area contributed by atoms with Gasteiger partial charge in [-0.05, 0) is 45.7 Å². The van der Waals surface area contributed by atoms with Gasteiger partial charge in [0.05, 0.1) is 6.54 Å². The number of piperidine rings is 1. The Kier molecular flexibility index (Phi) is 6.65. The quantitative estimate of drug-likeness (QED) is 0.805. The zero-order valence-electron chi connectivity index (χ0n) is 14.2. The molecule has 2 amide bonds. The lowest BCUT2D eigenvalue weighted by molar-refractivity contribution is -0.147. The summed E-state index contributed by atoms with van der Waals surface area (Å²) in [6, 6.07) is 0. The predicted molar refractivity (Wildman–Crippen MR) is 84.9 cm³/mol. The van der Waals surface area contributed by atoms with Gasteiger partial charge in [0.2, 0.25) is 11.8 Å². The Labute approximate surface area is 129 Å². The van der Waals surface area contributed by atoms with Crippen LogP contribution in [0.15, 0.2) is 0 Å². The van der Waals surface area contributed by atoms with Crippen LogP contribution in [0.25, 0.3) is 0 Å². The molecule has 1 aliphatic heterocycles. The lowest BCUT2D eigenvalue weighted by Gasteiger charge is -2.38. The van der Waals surface area contributed by atoms with E-state index >= 15 is 0 Å². The van der Waals surface area contributed by atoms with E-state index in [4.69, 9.17) is 0 Å².